The van der Waals surface area contributed by atoms with Crippen LogP contribution in [0.15, 0.2) is 24.3 Å². The number of benzene rings is 1. The maximum atomic E-state index is 13.5. The van der Waals surface area contributed by atoms with Crippen LogP contribution in [0.5, 0.6) is 0 Å². The van der Waals surface area contributed by atoms with Crippen molar-refractivity contribution in [3.63, 3.8) is 0 Å². The Morgan fingerprint density at radius 2 is 1.75 bits per heavy atom. The quantitative estimate of drug-likeness (QED) is 0.762. The van der Waals surface area contributed by atoms with Gasteiger partial charge in [-0.3, -0.25) is 14.4 Å². The van der Waals surface area contributed by atoms with E-state index in [1.54, 1.807) is 13.0 Å². The van der Waals surface area contributed by atoms with E-state index in [-0.39, 0.29) is 37.0 Å². The van der Waals surface area contributed by atoms with E-state index in [0.717, 1.165) is 0 Å². The number of hydrogen-bond donors (Lipinski definition) is 0. The molecule has 1 aliphatic rings. The molecule has 106 valence electrons. The van der Waals surface area contributed by atoms with Gasteiger partial charge in [0.05, 0.1) is 18.7 Å². The highest BCUT2D eigenvalue weighted by Gasteiger charge is 2.30. The highest BCUT2D eigenvalue weighted by Crippen LogP contribution is 2.10. The van der Waals surface area contributed by atoms with Crippen molar-refractivity contribution in [1.29, 1.82) is 0 Å². The number of carbonyl (C=O) groups is 3. The Balaban J connectivity index is 2.07. The predicted molar refractivity (Wildman–Crippen MR) is 69.6 cm³/mol. The molecule has 1 saturated heterocycles. The third-order valence-electron chi connectivity index (χ3n) is 3.25. The summed E-state index contributed by atoms with van der Waals surface area (Å²) in [4.78, 5) is 38.1. The van der Waals surface area contributed by atoms with Gasteiger partial charge in [-0.25, -0.2) is 4.39 Å². The van der Waals surface area contributed by atoms with Crippen molar-refractivity contribution in [2.45, 2.75) is 6.92 Å². The summed E-state index contributed by atoms with van der Waals surface area (Å²) >= 11 is 0. The summed E-state index contributed by atoms with van der Waals surface area (Å²) in [6.07, 6.45) is 0. The van der Waals surface area contributed by atoms with E-state index in [9.17, 15) is 18.8 Å². The van der Waals surface area contributed by atoms with Gasteiger partial charge in [0.25, 0.3) is 0 Å². The Hall–Kier alpha value is -2.24. The molecule has 1 aromatic carbocycles. The molecule has 0 radical (unpaired) electrons. The van der Waals surface area contributed by atoms with E-state index in [2.05, 4.69) is 0 Å². The van der Waals surface area contributed by atoms with Gasteiger partial charge in [-0.2, -0.15) is 0 Å². The standard InChI is InChI=1S/C14H15FN2O3/c1-2-16-8-14(20)17(9-13(16)19)7-12(18)10-5-3-4-6-11(10)15/h3-6H,2,7-9H2,1H3. The van der Waals surface area contributed by atoms with Gasteiger partial charge in [-0.15, -0.1) is 0 Å². The number of ketones is 1. The summed E-state index contributed by atoms with van der Waals surface area (Å²) in [5, 5.41) is 0. The zero-order valence-electron chi connectivity index (χ0n) is 11.1. The van der Waals surface area contributed by atoms with Crippen LogP contribution in [-0.2, 0) is 9.59 Å². The Morgan fingerprint density at radius 1 is 1.15 bits per heavy atom. The van der Waals surface area contributed by atoms with Crippen LogP contribution in [0.25, 0.3) is 0 Å². The average Bonchev–Trinajstić information content (AvgIpc) is 2.42. The fraction of sp³-hybridized carbons (Fsp3) is 0.357. The molecule has 0 aliphatic carbocycles. The monoisotopic (exact) mass is 278 g/mol. The fourth-order valence-electron chi connectivity index (χ4n) is 2.08. The summed E-state index contributed by atoms with van der Waals surface area (Å²) in [5.74, 6) is -1.62. The van der Waals surface area contributed by atoms with Crippen LogP contribution in [0.3, 0.4) is 0 Å². The molecule has 1 fully saturated rings. The van der Waals surface area contributed by atoms with Crippen molar-refractivity contribution >= 4 is 17.6 Å². The number of hydrogen-bond acceptors (Lipinski definition) is 3. The van der Waals surface area contributed by atoms with Crippen molar-refractivity contribution in [2.24, 2.45) is 0 Å². The molecule has 0 N–H and O–H groups in total. The summed E-state index contributed by atoms with van der Waals surface area (Å²) < 4.78 is 13.5. The number of halogens is 1. The molecule has 20 heavy (non-hydrogen) atoms. The molecule has 0 aromatic heterocycles. The Morgan fingerprint density at radius 3 is 2.40 bits per heavy atom. The summed E-state index contributed by atoms with van der Waals surface area (Å²) in [7, 11) is 0. The molecule has 2 amide bonds. The van der Waals surface area contributed by atoms with Crippen LogP contribution < -0.4 is 0 Å². The number of amides is 2. The van der Waals surface area contributed by atoms with E-state index in [1.165, 1.54) is 28.0 Å². The Labute approximate surface area is 116 Å². The molecule has 0 bridgehead atoms. The average molecular weight is 278 g/mol. The highest BCUT2D eigenvalue weighted by molar-refractivity contribution is 6.01. The third-order valence-corrected chi connectivity index (χ3v) is 3.25. The zero-order chi connectivity index (χ0) is 14.7. The van der Waals surface area contributed by atoms with Crippen LogP contribution in [0.2, 0.25) is 0 Å². The number of rotatable bonds is 4. The van der Waals surface area contributed by atoms with Crippen LogP contribution >= 0.6 is 0 Å². The van der Waals surface area contributed by atoms with E-state index in [0.29, 0.717) is 6.54 Å². The normalized spacial score (nSPS) is 15.7. The van der Waals surface area contributed by atoms with Gasteiger partial charge in [0.1, 0.15) is 12.4 Å². The molecular formula is C14H15FN2O3. The SMILES string of the molecule is CCN1CC(=O)N(CC(=O)c2ccccc2F)CC1=O. The van der Waals surface area contributed by atoms with Crippen LogP contribution in [0.4, 0.5) is 4.39 Å². The number of likely N-dealkylation sites (N-methyl/N-ethyl adjacent to an activating group) is 1. The van der Waals surface area contributed by atoms with Crippen molar-refractivity contribution in [3.05, 3.63) is 35.6 Å². The fourth-order valence-corrected chi connectivity index (χ4v) is 2.08. The molecule has 0 saturated carbocycles. The van der Waals surface area contributed by atoms with Crippen LogP contribution in [-0.4, -0.2) is 53.6 Å². The minimum absolute atomic E-state index is 0.0279. The van der Waals surface area contributed by atoms with E-state index in [1.807, 2.05) is 0 Å². The zero-order valence-corrected chi connectivity index (χ0v) is 11.1. The second kappa shape index (κ2) is 5.81. The maximum absolute atomic E-state index is 13.5. The molecule has 0 atom stereocenters. The van der Waals surface area contributed by atoms with E-state index >= 15 is 0 Å². The molecule has 0 spiro atoms. The number of Topliss-reactive ketones (excluding diaryl/α,β-unsaturated/α-hetero) is 1. The maximum Gasteiger partial charge on any atom is 0.243 e. The minimum atomic E-state index is -0.622. The molecule has 1 aliphatic heterocycles. The minimum Gasteiger partial charge on any atom is -0.332 e. The Kier molecular flexibility index (Phi) is 4.12. The largest absolute Gasteiger partial charge is 0.332 e. The first-order valence-electron chi connectivity index (χ1n) is 6.36. The molecule has 1 aromatic rings. The van der Waals surface area contributed by atoms with Gasteiger partial charge >= 0.3 is 0 Å². The predicted octanol–water partition coefficient (Wildman–Crippen LogP) is 0.699. The first-order chi connectivity index (χ1) is 9.52. The summed E-state index contributed by atoms with van der Waals surface area (Å²) in [6, 6.07) is 5.60. The van der Waals surface area contributed by atoms with Crippen LogP contribution in [0.1, 0.15) is 17.3 Å². The second-order valence-electron chi connectivity index (χ2n) is 4.56. The van der Waals surface area contributed by atoms with Gasteiger partial charge in [-0.1, -0.05) is 12.1 Å². The number of carbonyl (C=O) groups excluding carboxylic acids is 3. The lowest BCUT2D eigenvalue weighted by Gasteiger charge is -2.32. The molecule has 0 unspecified atom stereocenters. The molecule has 5 nitrogen and oxygen atoms in total. The summed E-state index contributed by atoms with van der Waals surface area (Å²) in [5.41, 5.74) is -0.0642. The highest BCUT2D eigenvalue weighted by atomic mass is 19.1. The van der Waals surface area contributed by atoms with Gasteiger partial charge in [0.15, 0.2) is 5.78 Å². The number of nitrogens with zero attached hydrogens (tertiary/aromatic N) is 2. The smallest absolute Gasteiger partial charge is 0.243 e. The first-order valence-corrected chi connectivity index (χ1v) is 6.36. The van der Waals surface area contributed by atoms with E-state index in [4.69, 9.17) is 0 Å². The van der Waals surface area contributed by atoms with Crippen molar-refractivity contribution in [2.75, 3.05) is 26.2 Å². The molecular weight excluding hydrogens is 263 g/mol. The third kappa shape index (κ3) is 2.84. The first kappa shape index (κ1) is 14.2. The lowest BCUT2D eigenvalue weighted by atomic mass is 10.1. The second-order valence-corrected chi connectivity index (χ2v) is 4.56. The van der Waals surface area contributed by atoms with Crippen molar-refractivity contribution < 1.29 is 18.8 Å². The van der Waals surface area contributed by atoms with Gasteiger partial charge in [0, 0.05) is 6.54 Å². The van der Waals surface area contributed by atoms with Crippen molar-refractivity contribution in [3.8, 4) is 0 Å². The van der Waals surface area contributed by atoms with Crippen LogP contribution in [0, 0.1) is 5.82 Å². The van der Waals surface area contributed by atoms with Gasteiger partial charge < -0.3 is 9.80 Å². The van der Waals surface area contributed by atoms with Gasteiger partial charge in [0.2, 0.25) is 11.8 Å². The molecule has 1 heterocycles. The lowest BCUT2D eigenvalue weighted by Crippen LogP contribution is -2.54. The number of piperazine rings is 1. The Bertz CT molecular complexity index is 559. The topological polar surface area (TPSA) is 57.7 Å². The molecule has 6 heteroatoms. The molecule has 2 rings (SSSR count). The summed E-state index contributed by atoms with van der Waals surface area (Å²) in [6.45, 7) is 1.81. The lowest BCUT2D eigenvalue weighted by molar-refractivity contribution is -0.149. The van der Waals surface area contributed by atoms with E-state index < -0.39 is 11.6 Å². The van der Waals surface area contributed by atoms with Crippen molar-refractivity contribution in [1.82, 2.24) is 9.80 Å². The van der Waals surface area contributed by atoms with Gasteiger partial charge in [-0.05, 0) is 19.1 Å².